The normalized spacial score (nSPS) is 12.2. The summed E-state index contributed by atoms with van der Waals surface area (Å²) in [6.07, 6.45) is -0.995. The molecule has 1 aromatic rings. The summed E-state index contributed by atoms with van der Waals surface area (Å²) in [5.74, 6) is -1.80. The maximum absolute atomic E-state index is 13.8. The Hall–Kier alpha value is -2.75. The van der Waals surface area contributed by atoms with Crippen LogP contribution in [0.4, 0.5) is 20.6 Å². The van der Waals surface area contributed by atoms with E-state index in [1.54, 1.807) is 20.8 Å². The zero-order valence-electron chi connectivity index (χ0n) is 14.0. The number of aliphatic hydroxyl groups is 1. The van der Waals surface area contributed by atoms with Crippen molar-refractivity contribution in [3.8, 4) is 0 Å². The monoisotopic (exact) mass is 357 g/mol. The molecule has 0 aliphatic rings. The molecule has 3 N–H and O–H groups in total. The van der Waals surface area contributed by atoms with Crippen LogP contribution in [0.15, 0.2) is 18.2 Å². The lowest BCUT2D eigenvalue weighted by Crippen LogP contribution is -2.46. The average Bonchev–Trinajstić information content (AvgIpc) is 2.46. The van der Waals surface area contributed by atoms with Crippen molar-refractivity contribution in [3.05, 3.63) is 34.1 Å². The van der Waals surface area contributed by atoms with Crippen molar-refractivity contribution >= 4 is 23.4 Å². The minimum atomic E-state index is -1.17. The first kappa shape index (κ1) is 20.3. The van der Waals surface area contributed by atoms with E-state index in [2.05, 4.69) is 10.6 Å². The quantitative estimate of drug-likeness (QED) is 0.527. The number of rotatable bonds is 6. The van der Waals surface area contributed by atoms with Gasteiger partial charge in [0.05, 0.1) is 16.7 Å². The van der Waals surface area contributed by atoms with Gasteiger partial charge in [0.15, 0.2) is 5.82 Å². The van der Waals surface area contributed by atoms with Gasteiger partial charge in [0, 0.05) is 12.7 Å². The topological polar surface area (TPSA) is 131 Å². The molecular weight excluding hydrogens is 337 g/mol. The predicted molar refractivity (Wildman–Crippen MR) is 86.5 cm³/mol. The third-order valence-corrected chi connectivity index (χ3v) is 2.85. The summed E-state index contributed by atoms with van der Waals surface area (Å²) in [5.41, 5.74) is -1.53. The van der Waals surface area contributed by atoms with Gasteiger partial charge in [-0.05, 0) is 33.3 Å². The van der Waals surface area contributed by atoms with Crippen LogP contribution in [-0.2, 0) is 9.53 Å². The number of hydrogen-bond acceptors (Lipinski definition) is 6. The summed E-state index contributed by atoms with van der Waals surface area (Å²) in [4.78, 5) is 33.7. The lowest BCUT2D eigenvalue weighted by molar-refractivity contribution is -0.385. The summed E-state index contributed by atoms with van der Waals surface area (Å²) < 4.78 is 18.8. The van der Waals surface area contributed by atoms with Crippen LogP contribution in [0, 0.1) is 15.9 Å². The molecule has 0 radical (unpaired) electrons. The van der Waals surface area contributed by atoms with Crippen LogP contribution in [-0.4, -0.2) is 40.3 Å². The predicted octanol–water partition coefficient (Wildman–Crippen LogP) is 1.95. The third-order valence-electron chi connectivity index (χ3n) is 2.85. The molecule has 9 nitrogen and oxygen atoms in total. The smallest absolute Gasteiger partial charge is 0.408 e. The highest BCUT2D eigenvalue weighted by Crippen LogP contribution is 2.20. The summed E-state index contributed by atoms with van der Waals surface area (Å²) in [6, 6.07) is 1.56. The second-order valence-corrected chi connectivity index (χ2v) is 6.12. The number of non-ortho nitro benzene ring substituents is 1. The summed E-state index contributed by atoms with van der Waals surface area (Å²) in [5, 5.41) is 24.1. The van der Waals surface area contributed by atoms with Gasteiger partial charge in [-0.3, -0.25) is 14.9 Å². The van der Waals surface area contributed by atoms with Crippen molar-refractivity contribution in [2.24, 2.45) is 0 Å². The van der Waals surface area contributed by atoms with Gasteiger partial charge in [-0.25, -0.2) is 9.18 Å². The molecule has 0 aromatic heterocycles. The number of ether oxygens (including phenoxy) is 1. The first-order chi connectivity index (χ1) is 11.5. The minimum absolute atomic E-state index is 0.125. The van der Waals surface area contributed by atoms with E-state index < -0.39 is 46.7 Å². The Morgan fingerprint density at radius 3 is 2.52 bits per heavy atom. The van der Waals surface area contributed by atoms with Gasteiger partial charge in [0.1, 0.15) is 11.6 Å². The van der Waals surface area contributed by atoms with Gasteiger partial charge < -0.3 is 20.5 Å². The maximum Gasteiger partial charge on any atom is 0.408 e. The molecule has 1 rings (SSSR count). The Balaban J connectivity index is 2.83. The highest BCUT2D eigenvalue weighted by Gasteiger charge is 2.25. The Kier molecular flexibility index (Phi) is 6.80. The van der Waals surface area contributed by atoms with Crippen LogP contribution in [0.25, 0.3) is 0 Å². The van der Waals surface area contributed by atoms with E-state index in [0.29, 0.717) is 6.07 Å². The molecule has 0 heterocycles. The Labute approximate surface area is 143 Å². The fraction of sp³-hybridized carbons (Fsp3) is 0.467. The minimum Gasteiger partial charge on any atom is -0.444 e. The zero-order chi connectivity index (χ0) is 19.2. The van der Waals surface area contributed by atoms with Crippen molar-refractivity contribution in [2.75, 3.05) is 11.9 Å². The number of halogens is 1. The maximum atomic E-state index is 13.8. The van der Waals surface area contributed by atoms with Crippen molar-refractivity contribution in [2.45, 2.75) is 38.8 Å². The van der Waals surface area contributed by atoms with Gasteiger partial charge in [0.2, 0.25) is 5.91 Å². The number of carbonyl (C=O) groups excluding carboxylic acids is 2. The number of nitrogens with one attached hydrogen (secondary N) is 2. The number of anilines is 1. The zero-order valence-corrected chi connectivity index (χ0v) is 14.0. The number of alkyl carbamates (subject to hydrolysis) is 1. The van der Waals surface area contributed by atoms with Gasteiger partial charge in [-0.2, -0.15) is 0 Å². The van der Waals surface area contributed by atoms with Crippen molar-refractivity contribution in [1.82, 2.24) is 5.32 Å². The van der Waals surface area contributed by atoms with Gasteiger partial charge in [0.25, 0.3) is 5.69 Å². The van der Waals surface area contributed by atoms with Crippen molar-refractivity contribution in [1.29, 1.82) is 0 Å². The Bertz CT molecular complexity index is 659. The van der Waals surface area contributed by atoms with E-state index in [4.69, 9.17) is 9.84 Å². The van der Waals surface area contributed by atoms with Crippen LogP contribution in [0.5, 0.6) is 0 Å². The first-order valence-corrected chi connectivity index (χ1v) is 7.38. The van der Waals surface area contributed by atoms with Crippen LogP contribution in [0.3, 0.4) is 0 Å². The van der Waals surface area contributed by atoms with E-state index in [9.17, 15) is 24.1 Å². The highest BCUT2D eigenvalue weighted by molar-refractivity contribution is 5.96. The number of carbonyl (C=O) groups is 2. The van der Waals surface area contributed by atoms with Crippen molar-refractivity contribution < 1.29 is 28.7 Å². The highest BCUT2D eigenvalue weighted by atomic mass is 19.1. The van der Waals surface area contributed by atoms with E-state index in [0.717, 1.165) is 12.1 Å². The molecule has 138 valence electrons. The molecule has 25 heavy (non-hydrogen) atoms. The molecular formula is C15H20FN3O6. The van der Waals surface area contributed by atoms with E-state index in [1.807, 2.05) is 0 Å². The molecule has 0 bridgehead atoms. The van der Waals surface area contributed by atoms with Crippen LogP contribution < -0.4 is 10.6 Å². The summed E-state index contributed by atoms with van der Waals surface area (Å²) >= 11 is 0. The molecule has 0 saturated carbocycles. The molecule has 1 aromatic carbocycles. The molecule has 10 heteroatoms. The molecule has 2 amide bonds. The molecule has 1 atom stereocenters. The molecule has 0 spiro atoms. The summed E-state index contributed by atoms with van der Waals surface area (Å²) in [7, 11) is 0. The fourth-order valence-corrected chi connectivity index (χ4v) is 1.79. The first-order valence-electron chi connectivity index (χ1n) is 7.38. The molecule has 0 aliphatic carbocycles. The third kappa shape index (κ3) is 6.71. The second-order valence-electron chi connectivity index (χ2n) is 6.12. The molecule has 0 fully saturated rings. The van der Waals surface area contributed by atoms with Crippen LogP contribution in [0.1, 0.15) is 27.2 Å². The number of nitro groups is 1. The van der Waals surface area contributed by atoms with Gasteiger partial charge in [-0.15, -0.1) is 0 Å². The number of nitro benzene ring substituents is 1. The molecule has 0 unspecified atom stereocenters. The SMILES string of the molecule is CC(C)(C)OC(=O)N[C@@H](CCO)C(=O)Nc1ccc([N+](=O)[O-])cc1F. The number of nitrogens with zero attached hydrogens (tertiary/aromatic N) is 1. The summed E-state index contributed by atoms with van der Waals surface area (Å²) in [6.45, 7) is 4.51. The second kappa shape index (κ2) is 8.38. The number of hydrogen-bond donors (Lipinski definition) is 3. The van der Waals surface area contributed by atoms with Crippen LogP contribution in [0.2, 0.25) is 0 Å². The molecule has 0 aliphatic heterocycles. The lowest BCUT2D eigenvalue weighted by Gasteiger charge is -2.23. The van der Waals surface area contributed by atoms with Crippen LogP contribution >= 0.6 is 0 Å². The Morgan fingerprint density at radius 2 is 2.04 bits per heavy atom. The largest absolute Gasteiger partial charge is 0.444 e. The van der Waals surface area contributed by atoms with Gasteiger partial charge >= 0.3 is 6.09 Å². The number of aliphatic hydroxyl groups excluding tert-OH is 1. The van der Waals surface area contributed by atoms with E-state index >= 15 is 0 Å². The van der Waals surface area contributed by atoms with E-state index in [1.165, 1.54) is 0 Å². The molecule has 0 saturated heterocycles. The van der Waals surface area contributed by atoms with Crippen molar-refractivity contribution in [3.63, 3.8) is 0 Å². The lowest BCUT2D eigenvalue weighted by atomic mass is 10.2. The standard InChI is InChI=1S/C15H20FN3O6/c1-15(2,3)25-14(22)18-12(6-7-20)13(21)17-11-5-4-9(19(23)24)8-10(11)16/h4-5,8,12,20H,6-7H2,1-3H3,(H,17,21)(H,18,22)/t12-/m0/s1. The number of benzene rings is 1. The number of amides is 2. The fourth-order valence-electron chi connectivity index (χ4n) is 1.79. The Morgan fingerprint density at radius 1 is 1.40 bits per heavy atom. The van der Waals surface area contributed by atoms with Gasteiger partial charge in [-0.1, -0.05) is 0 Å². The van der Waals surface area contributed by atoms with E-state index in [-0.39, 0.29) is 12.1 Å². The average molecular weight is 357 g/mol.